The molecule has 1 fully saturated rings. The minimum absolute atomic E-state index is 0.237. The first kappa shape index (κ1) is 27.1. The summed E-state index contributed by atoms with van der Waals surface area (Å²) in [5.74, 6) is -0.257. The third kappa shape index (κ3) is 6.29. The molecule has 1 aliphatic heterocycles. The van der Waals surface area contributed by atoms with Crippen LogP contribution >= 0.6 is 0 Å². The van der Waals surface area contributed by atoms with Crippen molar-refractivity contribution in [3.63, 3.8) is 0 Å². The van der Waals surface area contributed by atoms with Gasteiger partial charge in [0, 0.05) is 26.2 Å². The van der Waals surface area contributed by atoms with Gasteiger partial charge in [0.25, 0.3) is 11.5 Å². The van der Waals surface area contributed by atoms with Crippen LogP contribution in [0.15, 0.2) is 58.1 Å². The largest absolute Gasteiger partial charge is 0.497 e. The van der Waals surface area contributed by atoms with Crippen molar-refractivity contribution in [1.82, 2.24) is 24.6 Å². The van der Waals surface area contributed by atoms with Gasteiger partial charge in [-0.25, -0.2) is 4.79 Å². The average molecular weight is 534 g/mol. The zero-order valence-electron chi connectivity index (χ0n) is 20.5. The van der Waals surface area contributed by atoms with Crippen molar-refractivity contribution in [2.45, 2.75) is 12.7 Å². The maximum Gasteiger partial charge on any atom is 0.416 e. The molecule has 1 saturated heterocycles. The highest BCUT2D eigenvalue weighted by atomic mass is 19.4. The molecular weight excluding hydrogens is 507 g/mol. The molecular formula is C25H26F3N5O5. The normalized spacial score (nSPS) is 14.3. The summed E-state index contributed by atoms with van der Waals surface area (Å²) in [4.78, 5) is 41.5. The Morgan fingerprint density at radius 2 is 1.71 bits per heavy atom. The van der Waals surface area contributed by atoms with E-state index in [1.54, 1.807) is 12.1 Å². The van der Waals surface area contributed by atoms with Gasteiger partial charge in [-0.15, -0.1) is 0 Å². The standard InChI is InChI=1S/C25H26F3N5O5/c1-37-20-8-6-19(7-9-20)33-24(36)32(16-17-2-4-18(5-3-17)25(26,27)28)23(35)21(30-33)22(34)29-10-11-31-12-14-38-15-13-31/h2-9H,10-16H2,1H3,(H,29,34). The van der Waals surface area contributed by atoms with Gasteiger partial charge >= 0.3 is 11.9 Å². The van der Waals surface area contributed by atoms with Crippen molar-refractivity contribution in [1.29, 1.82) is 0 Å². The second-order valence-electron chi connectivity index (χ2n) is 8.54. The van der Waals surface area contributed by atoms with Gasteiger partial charge in [0.05, 0.1) is 38.1 Å². The van der Waals surface area contributed by atoms with E-state index < -0.39 is 34.6 Å². The van der Waals surface area contributed by atoms with Gasteiger partial charge in [0.1, 0.15) is 5.75 Å². The van der Waals surface area contributed by atoms with Crippen LogP contribution in [0.4, 0.5) is 13.2 Å². The first-order valence-electron chi connectivity index (χ1n) is 11.8. The van der Waals surface area contributed by atoms with Crippen LogP contribution in [0.3, 0.4) is 0 Å². The Kier molecular flexibility index (Phi) is 8.27. The molecule has 1 aliphatic rings. The van der Waals surface area contributed by atoms with E-state index in [2.05, 4.69) is 15.3 Å². The van der Waals surface area contributed by atoms with Gasteiger partial charge in [-0.05, 0) is 42.0 Å². The molecule has 0 spiro atoms. The van der Waals surface area contributed by atoms with Crippen LogP contribution in [0.25, 0.3) is 5.69 Å². The van der Waals surface area contributed by atoms with Crippen molar-refractivity contribution in [3.05, 3.63) is 86.2 Å². The minimum atomic E-state index is -4.53. The molecule has 1 aromatic heterocycles. The number of benzene rings is 2. The molecule has 0 saturated carbocycles. The van der Waals surface area contributed by atoms with Crippen LogP contribution in [0, 0.1) is 0 Å². The molecule has 3 aromatic rings. The van der Waals surface area contributed by atoms with Gasteiger partial charge in [-0.1, -0.05) is 12.1 Å². The predicted molar refractivity (Wildman–Crippen MR) is 131 cm³/mol. The Balaban J connectivity index is 1.67. The lowest BCUT2D eigenvalue weighted by molar-refractivity contribution is -0.137. The van der Waals surface area contributed by atoms with Crippen molar-refractivity contribution in [2.24, 2.45) is 0 Å². The molecule has 2 aromatic carbocycles. The van der Waals surface area contributed by atoms with Gasteiger partial charge < -0.3 is 14.8 Å². The Morgan fingerprint density at radius 1 is 1.05 bits per heavy atom. The van der Waals surface area contributed by atoms with Crippen molar-refractivity contribution < 1.29 is 27.4 Å². The topological polar surface area (TPSA) is 108 Å². The third-order valence-corrected chi connectivity index (χ3v) is 6.03. The highest BCUT2D eigenvalue weighted by Crippen LogP contribution is 2.29. The fourth-order valence-corrected chi connectivity index (χ4v) is 3.91. The number of morpholine rings is 1. The molecule has 4 rings (SSSR count). The van der Waals surface area contributed by atoms with Gasteiger partial charge in [0.2, 0.25) is 5.69 Å². The molecule has 0 unspecified atom stereocenters. The summed E-state index contributed by atoms with van der Waals surface area (Å²) in [5.41, 5.74) is -2.66. The molecule has 2 heterocycles. The predicted octanol–water partition coefficient (Wildman–Crippen LogP) is 1.53. The molecule has 10 nitrogen and oxygen atoms in total. The van der Waals surface area contributed by atoms with E-state index in [0.717, 1.165) is 34.5 Å². The average Bonchev–Trinajstić information content (AvgIpc) is 2.91. The lowest BCUT2D eigenvalue weighted by Crippen LogP contribution is -2.47. The fourth-order valence-electron chi connectivity index (χ4n) is 3.91. The SMILES string of the molecule is COc1ccc(-n2nc(C(=O)NCCN3CCOCC3)c(=O)n(Cc3ccc(C(F)(F)F)cc3)c2=O)cc1. The zero-order valence-corrected chi connectivity index (χ0v) is 20.5. The van der Waals surface area contributed by atoms with Crippen LogP contribution in [-0.2, 0) is 17.5 Å². The molecule has 0 aliphatic carbocycles. The van der Waals surface area contributed by atoms with Crippen molar-refractivity contribution in [2.75, 3.05) is 46.5 Å². The molecule has 0 atom stereocenters. The number of ether oxygens (including phenoxy) is 2. The monoisotopic (exact) mass is 533 g/mol. The van der Waals surface area contributed by atoms with Crippen LogP contribution in [0.1, 0.15) is 21.6 Å². The van der Waals surface area contributed by atoms with E-state index in [0.29, 0.717) is 25.5 Å². The first-order valence-corrected chi connectivity index (χ1v) is 11.8. The Hall–Kier alpha value is -3.97. The summed E-state index contributed by atoms with van der Waals surface area (Å²) >= 11 is 0. The number of aromatic nitrogens is 3. The first-order chi connectivity index (χ1) is 18.2. The van der Waals surface area contributed by atoms with Crippen molar-refractivity contribution >= 4 is 5.91 Å². The van der Waals surface area contributed by atoms with Gasteiger partial charge in [-0.2, -0.15) is 23.0 Å². The van der Waals surface area contributed by atoms with Crippen LogP contribution in [-0.4, -0.2) is 71.7 Å². The Morgan fingerprint density at radius 3 is 2.32 bits per heavy atom. The summed E-state index contributed by atoms with van der Waals surface area (Å²) < 4.78 is 51.0. The summed E-state index contributed by atoms with van der Waals surface area (Å²) in [7, 11) is 1.48. The summed E-state index contributed by atoms with van der Waals surface area (Å²) in [6, 6.07) is 10.3. The number of methoxy groups -OCH3 is 1. The second-order valence-corrected chi connectivity index (χ2v) is 8.54. The number of alkyl halides is 3. The van der Waals surface area contributed by atoms with E-state index >= 15 is 0 Å². The molecule has 0 radical (unpaired) electrons. The number of carbonyl (C=O) groups is 1. The molecule has 13 heteroatoms. The Labute approximate surface area is 215 Å². The smallest absolute Gasteiger partial charge is 0.416 e. The van der Waals surface area contributed by atoms with Crippen LogP contribution in [0.5, 0.6) is 5.75 Å². The number of halogens is 3. The van der Waals surface area contributed by atoms with Crippen LogP contribution in [0.2, 0.25) is 0 Å². The van der Waals surface area contributed by atoms with Gasteiger partial charge in [0.15, 0.2) is 0 Å². The highest BCUT2D eigenvalue weighted by molar-refractivity contribution is 5.91. The van der Waals surface area contributed by atoms with E-state index in [1.807, 2.05) is 0 Å². The maximum atomic E-state index is 13.3. The molecule has 1 N–H and O–H groups in total. The quantitative estimate of drug-likeness (QED) is 0.468. The van der Waals surface area contributed by atoms with Crippen molar-refractivity contribution in [3.8, 4) is 11.4 Å². The number of carbonyl (C=O) groups excluding carboxylic acids is 1. The molecule has 1 amide bonds. The lowest BCUT2D eigenvalue weighted by Gasteiger charge is -2.26. The number of hydrogen-bond donors (Lipinski definition) is 1. The van der Waals surface area contributed by atoms with Gasteiger partial charge in [-0.3, -0.25) is 19.1 Å². The van der Waals surface area contributed by atoms with Crippen LogP contribution < -0.4 is 21.3 Å². The number of nitrogens with zero attached hydrogens (tertiary/aromatic N) is 4. The lowest BCUT2D eigenvalue weighted by atomic mass is 10.1. The number of rotatable bonds is 8. The van der Waals surface area contributed by atoms with E-state index in [1.165, 1.54) is 31.4 Å². The maximum absolute atomic E-state index is 13.3. The number of amides is 1. The zero-order chi connectivity index (χ0) is 27.3. The van der Waals surface area contributed by atoms with E-state index in [9.17, 15) is 27.6 Å². The molecule has 0 bridgehead atoms. The molecule has 202 valence electrons. The second kappa shape index (κ2) is 11.6. The van der Waals surface area contributed by atoms with E-state index in [-0.39, 0.29) is 24.3 Å². The third-order valence-electron chi connectivity index (χ3n) is 6.03. The highest BCUT2D eigenvalue weighted by Gasteiger charge is 2.30. The molecule has 38 heavy (non-hydrogen) atoms. The Bertz CT molecular complexity index is 1380. The minimum Gasteiger partial charge on any atom is -0.497 e. The van der Waals surface area contributed by atoms with E-state index in [4.69, 9.17) is 9.47 Å². The number of hydrogen-bond acceptors (Lipinski definition) is 7. The fraction of sp³-hybridized carbons (Fsp3) is 0.360. The summed E-state index contributed by atoms with van der Waals surface area (Å²) in [6.45, 7) is 3.04. The number of nitrogens with one attached hydrogen (secondary N) is 1. The summed E-state index contributed by atoms with van der Waals surface area (Å²) in [5, 5.41) is 6.71. The summed E-state index contributed by atoms with van der Waals surface area (Å²) in [6.07, 6.45) is -4.53.